The fourth-order valence-electron chi connectivity index (χ4n) is 6.63. The van der Waals surface area contributed by atoms with Gasteiger partial charge < -0.3 is 19.7 Å². The highest BCUT2D eigenvalue weighted by Gasteiger charge is 2.51. The van der Waals surface area contributed by atoms with E-state index in [0.29, 0.717) is 6.42 Å². The summed E-state index contributed by atoms with van der Waals surface area (Å²) >= 11 is 0. The molecule has 238 valence electrons. The predicted molar refractivity (Wildman–Crippen MR) is 189 cm³/mol. The number of fused-ring (bicyclic) bond motifs is 2. The Hall–Kier alpha value is -4.50. The van der Waals surface area contributed by atoms with Gasteiger partial charge in [0.1, 0.15) is 11.5 Å². The van der Waals surface area contributed by atoms with E-state index >= 15 is 0 Å². The molecule has 6 rings (SSSR count). The molecule has 8 heteroatoms. The summed E-state index contributed by atoms with van der Waals surface area (Å²) in [7, 11) is -2.96. The summed E-state index contributed by atoms with van der Waals surface area (Å²) in [5.74, 6) is -2.72. The summed E-state index contributed by atoms with van der Waals surface area (Å²) in [5, 5.41) is 28.4. The molecule has 0 saturated heterocycles. The molecule has 4 unspecified atom stereocenters. The van der Waals surface area contributed by atoms with E-state index < -0.39 is 39.6 Å². The predicted octanol–water partition coefficient (Wildman–Crippen LogP) is 7.27. The molecule has 2 aliphatic rings. The highest BCUT2D eigenvalue weighted by Crippen LogP contribution is 2.58. The Labute approximate surface area is 277 Å². The van der Waals surface area contributed by atoms with Gasteiger partial charge >= 0.3 is 11.9 Å². The maximum atomic E-state index is 12.7. The van der Waals surface area contributed by atoms with Crippen LogP contribution in [-0.2, 0) is 19.1 Å². The van der Waals surface area contributed by atoms with Crippen molar-refractivity contribution in [3.05, 3.63) is 156 Å². The number of benzene rings is 4. The van der Waals surface area contributed by atoms with Crippen molar-refractivity contribution in [2.75, 3.05) is 0 Å². The molecule has 1 saturated carbocycles. The number of hydrogen-bond acceptors (Lipinski definition) is 6. The van der Waals surface area contributed by atoms with Crippen LogP contribution in [0.4, 0.5) is 0 Å². The van der Waals surface area contributed by atoms with Crippen LogP contribution in [0.15, 0.2) is 156 Å². The van der Waals surface area contributed by atoms with Crippen molar-refractivity contribution in [1.82, 2.24) is 0 Å². The second-order valence-corrected chi connectivity index (χ2v) is 15.8. The molecule has 0 aromatic heterocycles. The standard InChI is InChI=1S/C39H36O6P2/c1-26(40)44-38(46(30-15-7-3-8-16-30)31-17-9-4-10-18-31)36(42)34-28-23-24-29(25-28)35(34)37(43)39(45-27(2)41)47(32-19-11-5-12-20-32)33-21-13-6-14-22-33/h3-24,28-29,34-35,42-43H,25H2,1-2H3/b38-36-,39-37-. The topological polar surface area (TPSA) is 93.1 Å². The molecule has 0 radical (unpaired) electrons. The lowest BCUT2D eigenvalue weighted by Gasteiger charge is -2.32. The summed E-state index contributed by atoms with van der Waals surface area (Å²) in [6, 6.07) is 38.8. The van der Waals surface area contributed by atoms with E-state index in [-0.39, 0.29) is 34.4 Å². The molecular formula is C39H36O6P2. The lowest BCUT2D eigenvalue weighted by atomic mass is 9.81. The van der Waals surface area contributed by atoms with Gasteiger partial charge in [0.15, 0.2) is 11.0 Å². The molecule has 6 nitrogen and oxygen atoms in total. The van der Waals surface area contributed by atoms with Crippen molar-refractivity contribution in [1.29, 1.82) is 0 Å². The van der Waals surface area contributed by atoms with Crippen LogP contribution in [0.1, 0.15) is 20.3 Å². The third-order valence-corrected chi connectivity index (χ3v) is 13.2. The summed E-state index contributed by atoms with van der Waals surface area (Å²) in [6.45, 7) is 2.66. The number of carbonyl (C=O) groups is 2. The van der Waals surface area contributed by atoms with Gasteiger partial charge in [0.25, 0.3) is 0 Å². The first-order valence-electron chi connectivity index (χ1n) is 15.6. The number of ether oxygens (including phenoxy) is 2. The fraction of sp³-hybridized carbons (Fsp3) is 0.179. The van der Waals surface area contributed by atoms with Gasteiger partial charge in [-0.1, -0.05) is 133 Å². The second-order valence-electron chi connectivity index (χ2n) is 11.6. The number of carbonyl (C=O) groups excluding carboxylic acids is 2. The Morgan fingerprint density at radius 1 is 0.532 bits per heavy atom. The summed E-state index contributed by atoms with van der Waals surface area (Å²) in [5.41, 5.74) is 0.382. The van der Waals surface area contributed by atoms with Crippen LogP contribution in [0.3, 0.4) is 0 Å². The van der Waals surface area contributed by atoms with Crippen LogP contribution in [-0.4, -0.2) is 22.2 Å². The number of aliphatic hydroxyl groups excluding tert-OH is 2. The minimum Gasteiger partial charge on any atom is -0.508 e. The minimum atomic E-state index is -1.48. The number of hydrogen-bond donors (Lipinski definition) is 2. The van der Waals surface area contributed by atoms with Gasteiger partial charge in [0.2, 0.25) is 0 Å². The van der Waals surface area contributed by atoms with Crippen molar-refractivity contribution in [2.45, 2.75) is 20.3 Å². The average Bonchev–Trinajstić information content (AvgIpc) is 3.71. The Bertz CT molecular complexity index is 1590. The third kappa shape index (κ3) is 6.95. The molecule has 0 spiro atoms. The van der Waals surface area contributed by atoms with Gasteiger partial charge in [-0.2, -0.15) is 0 Å². The van der Waals surface area contributed by atoms with Crippen molar-refractivity contribution in [3.63, 3.8) is 0 Å². The van der Waals surface area contributed by atoms with Crippen molar-refractivity contribution in [3.8, 4) is 0 Å². The number of esters is 2. The SMILES string of the molecule is CC(=O)O/C(=C(/O)C1C2C=CC(C2)C1/C(O)=C(\OC(C)=O)P(c1ccccc1)c1ccccc1)P(c1ccccc1)c1ccccc1. The van der Waals surface area contributed by atoms with Crippen LogP contribution in [0, 0.1) is 23.7 Å². The second kappa shape index (κ2) is 14.5. The Morgan fingerprint density at radius 3 is 1.06 bits per heavy atom. The van der Waals surface area contributed by atoms with E-state index in [0.717, 1.165) is 21.2 Å². The van der Waals surface area contributed by atoms with Gasteiger partial charge in [-0.25, -0.2) is 0 Å². The lowest BCUT2D eigenvalue weighted by Crippen LogP contribution is -2.28. The Balaban J connectivity index is 1.55. The number of aliphatic hydroxyl groups is 2. The first-order valence-corrected chi connectivity index (χ1v) is 18.2. The summed E-state index contributed by atoms with van der Waals surface area (Å²) < 4.78 is 11.9. The van der Waals surface area contributed by atoms with E-state index in [9.17, 15) is 19.8 Å². The molecule has 2 aliphatic carbocycles. The number of rotatable bonds is 10. The third-order valence-electron chi connectivity index (χ3n) is 8.47. The molecule has 2 bridgehead atoms. The van der Waals surface area contributed by atoms with Crippen LogP contribution in [0.2, 0.25) is 0 Å². The fourth-order valence-corrected chi connectivity index (χ4v) is 11.2. The normalized spacial score (nSPS) is 20.9. The molecule has 0 aliphatic heterocycles. The molecular weight excluding hydrogens is 626 g/mol. The van der Waals surface area contributed by atoms with E-state index in [1.54, 1.807) is 0 Å². The zero-order valence-corrected chi connectivity index (χ0v) is 27.9. The molecule has 2 N–H and O–H groups in total. The minimum absolute atomic E-state index is 0.0710. The molecule has 0 heterocycles. The van der Waals surface area contributed by atoms with Crippen molar-refractivity contribution in [2.24, 2.45) is 23.7 Å². The summed E-state index contributed by atoms with van der Waals surface area (Å²) in [4.78, 5) is 25.3. The largest absolute Gasteiger partial charge is 0.508 e. The van der Waals surface area contributed by atoms with Crippen LogP contribution in [0.5, 0.6) is 0 Å². The van der Waals surface area contributed by atoms with Crippen LogP contribution >= 0.6 is 15.8 Å². The highest BCUT2D eigenvalue weighted by molar-refractivity contribution is 7.77. The Morgan fingerprint density at radius 2 is 0.809 bits per heavy atom. The van der Waals surface area contributed by atoms with E-state index in [1.165, 1.54) is 13.8 Å². The average molecular weight is 663 g/mol. The van der Waals surface area contributed by atoms with Gasteiger partial charge in [-0.3, -0.25) is 9.59 Å². The monoisotopic (exact) mass is 662 g/mol. The molecule has 4 atom stereocenters. The first kappa shape index (κ1) is 32.4. The molecule has 47 heavy (non-hydrogen) atoms. The van der Waals surface area contributed by atoms with Crippen molar-refractivity contribution >= 4 is 49.0 Å². The Kier molecular flexibility index (Phi) is 10.0. The van der Waals surface area contributed by atoms with Gasteiger partial charge in [0, 0.05) is 41.5 Å². The van der Waals surface area contributed by atoms with Gasteiger partial charge in [0.05, 0.1) is 0 Å². The highest BCUT2D eigenvalue weighted by atomic mass is 31.1. The van der Waals surface area contributed by atoms with Crippen molar-refractivity contribution < 1.29 is 29.3 Å². The van der Waals surface area contributed by atoms with Crippen LogP contribution in [0.25, 0.3) is 0 Å². The number of allylic oxidation sites excluding steroid dienone is 4. The van der Waals surface area contributed by atoms with Gasteiger partial charge in [-0.05, 0) is 39.5 Å². The van der Waals surface area contributed by atoms with Gasteiger partial charge in [-0.15, -0.1) is 0 Å². The van der Waals surface area contributed by atoms with E-state index in [2.05, 4.69) is 12.2 Å². The van der Waals surface area contributed by atoms with Crippen LogP contribution < -0.4 is 21.2 Å². The first-order chi connectivity index (χ1) is 22.8. The lowest BCUT2D eigenvalue weighted by molar-refractivity contribution is -0.137. The zero-order chi connectivity index (χ0) is 32.9. The zero-order valence-electron chi connectivity index (χ0n) is 26.1. The van der Waals surface area contributed by atoms with E-state index in [1.807, 2.05) is 121 Å². The molecule has 4 aromatic rings. The molecule has 4 aromatic carbocycles. The van der Waals surface area contributed by atoms with E-state index in [4.69, 9.17) is 9.47 Å². The maximum Gasteiger partial charge on any atom is 0.308 e. The smallest absolute Gasteiger partial charge is 0.308 e. The maximum absolute atomic E-state index is 12.7. The quantitative estimate of drug-likeness (QED) is 0.0804. The summed E-state index contributed by atoms with van der Waals surface area (Å²) in [6.07, 6.45) is 4.82. The molecule has 0 amide bonds. The molecule has 1 fully saturated rings.